The number of primary sulfonamides is 1. The van der Waals surface area contributed by atoms with Crippen molar-refractivity contribution >= 4 is 44.3 Å². The molecule has 2 amide bonds. The van der Waals surface area contributed by atoms with Crippen LogP contribution in [0.5, 0.6) is 0 Å². The van der Waals surface area contributed by atoms with Crippen LogP contribution in [-0.4, -0.2) is 24.9 Å². The van der Waals surface area contributed by atoms with Crippen molar-refractivity contribution in [3.8, 4) is 0 Å². The standard InChI is InChI=1S/C17H17N3O4S2/c1-10-3-6-13(9-11(10)2)20-16(21)15(25-17(20)22)19-12-4-7-14(8-5-12)26(18,23)24/h3-9,15,19H,1-2H3,(H2,18,23,24). The number of carbonyl (C=O) groups excluding carboxylic acids is 2. The number of sulfonamides is 1. The van der Waals surface area contributed by atoms with Crippen molar-refractivity contribution in [2.45, 2.75) is 24.1 Å². The molecule has 2 aromatic rings. The number of hydrogen-bond donors (Lipinski definition) is 2. The molecule has 26 heavy (non-hydrogen) atoms. The van der Waals surface area contributed by atoms with E-state index in [1.807, 2.05) is 19.9 Å². The summed E-state index contributed by atoms with van der Waals surface area (Å²) in [5.74, 6) is -0.376. The van der Waals surface area contributed by atoms with E-state index in [9.17, 15) is 18.0 Å². The molecule has 1 heterocycles. The summed E-state index contributed by atoms with van der Waals surface area (Å²) in [7, 11) is -3.78. The lowest BCUT2D eigenvalue weighted by Gasteiger charge is -2.16. The topological polar surface area (TPSA) is 110 Å². The second-order valence-corrected chi connectivity index (χ2v) is 8.54. The van der Waals surface area contributed by atoms with Gasteiger partial charge in [-0.1, -0.05) is 6.07 Å². The number of aryl methyl sites for hydroxylation is 2. The number of thioether (sulfide) groups is 1. The molecule has 1 saturated heterocycles. The number of carbonyl (C=O) groups is 2. The molecular formula is C17H17N3O4S2. The Morgan fingerprint density at radius 3 is 2.27 bits per heavy atom. The lowest BCUT2D eigenvalue weighted by molar-refractivity contribution is -0.116. The summed E-state index contributed by atoms with van der Waals surface area (Å²) in [6.07, 6.45) is 0. The molecule has 3 rings (SSSR count). The molecule has 1 aliphatic heterocycles. The Hall–Kier alpha value is -2.36. The monoisotopic (exact) mass is 391 g/mol. The molecule has 0 bridgehead atoms. The van der Waals surface area contributed by atoms with Crippen LogP contribution in [0.4, 0.5) is 16.2 Å². The molecule has 3 N–H and O–H groups in total. The van der Waals surface area contributed by atoms with Crippen molar-refractivity contribution in [3.05, 3.63) is 53.6 Å². The van der Waals surface area contributed by atoms with E-state index in [2.05, 4.69) is 5.32 Å². The number of anilines is 2. The molecule has 1 fully saturated rings. The zero-order valence-electron chi connectivity index (χ0n) is 14.1. The second-order valence-electron chi connectivity index (χ2n) is 5.92. The average Bonchev–Trinajstić information content (AvgIpc) is 2.84. The van der Waals surface area contributed by atoms with E-state index < -0.39 is 15.4 Å². The maximum Gasteiger partial charge on any atom is 0.295 e. The molecule has 0 aliphatic carbocycles. The summed E-state index contributed by atoms with van der Waals surface area (Å²) in [5.41, 5.74) is 3.11. The van der Waals surface area contributed by atoms with Crippen LogP contribution in [-0.2, 0) is 14.8 Å². The number of imide groups is 1. The first-order valence-corrected chi connectivity index (χ1v) is 10.1. The van der Waals surface area contributed by atoms with Gasteiger partial charge in [0.1, 0.15) is 0 Å². The van der Waals surface area contributed by atoms with Crippen LogP contribution < -0.4 is 15.4 Å². The Morgan fingerprint density at radius 1 is 1.04 bits per heavy atom. The fourth-order valence-corrected chi connectivity index (χ4v) is 3.91. The third kappa shape index (κ3) is 3.59. The molecule has 0 saturated carbocycles. The zero-order chi connectivity index (χ0) is 19.1. The van der Waals surface area contributed by atoms with Crippen molar-refractivity contribution in [2.24, 2.45) is 5.14 Å². The van der Waals surface area contributed by atoms with Crippen LogP contribution in [0.1, 0.15) is 11.1 Å². The smallest absolute Gasteiger partial charge is 0.295 e. The van der Waals surface area contributed by atoms with Crippen LogP contribution in [0, 0.1) is 13.8 Å². The van der Waals surface area contributed by atoms with Gasteiger partial charge < -0.3 is 5.32 Å². The molecule has 1 atom stereocenters. The average molecular weight is 391 g/mol. The lowest BCUT2D eigenvalue weighted by Crippen LogP contribution is -2.34. The fraction of sp³-hybridized carbons (Fsp3) is 0.176. The fourth-order valence-electron chi connectivity index (χ4n) is 2.49. The van der Waals surface area contributed by atoms with Gasteiger partial charge in [-0.25, -0.2) is 18.5 Å². The summed E-state index contributed by atoms with van der Waals surface area (Å²) >= 11 is 0.875. The Balaban J connectivity index is 1.79. The van der Waals surface area contributed by atoms with E-state index in [1.165, 1.54) is 24.3 Å². The molecule has 136 valence electrons. The molecule has 1 aliphatic rings. The summed E-state index contributed by atoms with van der Waals surface area (Å²) in [6.45, 7) is 3.87. The molecule has 2 aromatic carbocycles. The van der Waals surface area contributed by atoms with Gasteiger partial charge in [0.05, 0.1) is 10.6 Å². The highest BCUT2D eigenvalue weighted by molar-refractivity contribution is 8.16. The number of nitrogens with one attached hydrogen (secondary N) is 1. The van der Waals surface area contributed by atoms with Crippen molar-refractivity contribution in [1.29, 1.82) is 0 Å². The van der Waals surface area contributed by atoms with Crippen molar-refractivity contribution in [3.63, 3.8) is 0 Å². The van der Waals surface area contributed by atoms with Gasteiger partial charge in [-0.2, -0.15) is 0 Å². The highest BCUT2D eigenvalue weighted by atomic mass is 32.2. The van der Waals surface area contributed by atoms with Gasteiger partial charge in [-0.05, 0) is 73.1 Å². The molecule has 9 heteroatoms. The normalized spacial score (nSPS) is 17.7. The minimum Gasteiger partial charge on any atom is -0.365 e. The number of amides is 2. The molecule has 0 radical (unpaired) electrons. The van der Waals surface area contributed by atoms with Crippen LogP contribution in [0.3, 0.4) is 0 Å². The quantitative estimate of drug-likeness (QED) is 0.829. The second kappa shape index (κ2) is 6.75. The van der Waals surface area contributed by atoms with Crippen LogP contribution in [0.15, 0.2) is 47.4 Å². The van der Waals surface area contributed by atoms with Gasteiger partial charge in [0, 0.05) is 5.69 Å². The summed E-state index contributed by atoms with van der Waals surface area (Å²) < 4.78 is 22.6. The molecule has 0 aromatic heterocycles. The van der Waals surface area contributed by atoms with Crippen LogP contribution in [0.25, 0.3) is 0 Å². The largest absolute Gasteiger partial charge is 0.365 e. The van der Waals surface area contributed by atoms with Crippen LogP contribution in [0.2, 0.25) is 0 Å². The van der Waals surface area contributed by atoms with Gasteiger partial charge in [0.15, 0.2) is 5.37 Å². The van der Waals surface area contributed by atoms with E-state index in [0.29, 0.717) is 11.4 Å². The minimum atomic E-state index is -3.78. The SMILES string of the molecule is Cc1ccc(N2C(=O)SC(Nc3ccc(S(N)(=O)=O)cc3)C2=O)cc1C. The maximum absolute atomic E-state index is 12.6. The van der Waals surface area contributed by atoms with Crippen molar-refractivity contribution in [1.82, 2.24) is 0 Å². The molecule has 0 spiro atoms. The molecule has 7 nitrogen and oxygen atoms in total. The Kier molecular flexibility index (Phi) is 4.78. The van der Waals surface area contributed by atoms with E-state index in [0.717, 1.165) is 27.8 Å². The Bertz CT molecular complexity index is 988. The first kappa shape index (κ1) is 18.4. The van der Waals surface area contributed by atoms with Crippen molar-refractivity contribution < 1.29 is 18.0 Å². The number of nitrogens with two attached hydrogens (primary N) is 1. The number of nitrogens with zero attached hydrogens (tertiary/aromatic N) is 1. The minimum absolute atomic E-state index is 0.0266. The van der Waals surface area contributed by atoms with Gasteiger partial charge in [-0.3, -0.25) is 9.59 Å². The first-order chi connectivity index (χ1) is 12.2. The molecule has 1 unspecified atom stereocenters. The maximum atomic E-state index is 12.6. The summed E-state index contributed by atoms with van der Waals surface area (Å²) in [5, 5.41) is 6.85. The summed E-state index contributed by atoms with van der Waals surface area (Å²) in [6, 6.07) is 11.1. The Morgan fingerprint density at radius 2 is 1.69 bits per heavy atom. The molecular weight excluding hydrogens is 374 g/mol. The van der Waals surface area contributed by atoms with Crippen LogP contribution >= 0.6 is 11.8 Å². The van der Waals surface area contributed by atoms with E-state index in [1.54, 1.807) is 12.1 Å². The highest BCUT2D eigenvalue weighted by Gasteiger charge is 2.40. The lowest BCUT2D eigenvalue weighted by atomic mass is 10.1. The Labute approximate surface area is 155 Å². The predicted octanol–water partition coefficient (Wildman–Crippen LogP) is 2.59. The number of hydrogen-bond acceptors (Lipinski definition) is 6. The predicted molar refractivity (Wildman–Crippen MR) is 102 cm³/mol. The van der Waals surface area contributed by atoms with Gasteiger partial charge >= 0.3 is 0 Å². The highest BCUT2D eigenvalue weighted by Crippen LogP contribution is 2.33. The van der Waals surface area contributed by atoms with Gasteiger partial charge in [0.25, 0.3) is 11.1 Å². The first-order valence-electron chi connectivity index (χ1n) is 7.68. The third-order valence-corrected chi connectivity index (χ3v) is 5.94. The third-order valence-electron chi connectivity index (χ3n) is 4.08. The van der Waals surface area contributed by atoms with E-state index in [-0.39, 0.29) is 16.0 Å². The van der Waals surface area contributed by atoms with E-state index >= 15 is 0 Å². The van der Waals surface area contributed by atoms with Crippen molar-refractivity contribution in [2.75, 3.05) is 10.2 Å². The van der Waals surface area contributed by atoms with E-state index in [4.69, 9.17) is 5.14 Å². The zero-order valence-corrected chi connectivity index (χ0v) is 15.7. The van der Waals surface area contributed by atoms with Gasteiger partial charge in [-0.15, -0.1) is 0 Å². The summed E-state index contributed by atoms with van der Waals surface area (Å²) in [4.78, 5) is 26.1. The number of rotatable bonds is 4. The van der Waals surface area contributed by atoms with Gasteiger partial charge in [0.2, 0.25) is 10.0 Å². The number of benzene rings is 2.